The number of nitrogens with one attached hydrogen (secondary N) is 2. The number of hydrogen-bond donors (Lipinski definition) is 2. The fourth-order valence-electron chi connectivity index (χ4n) is 1.84. The van der Waals surface area contributed by atoms with Crippen LogP contribution in [0.5, 0.6) is 0 Å². The minimum absolute atomic E-state index is 0.0379. The minimum Gasteiger partial charge on any atom is -0.381 e. The van der Waals surface area contributed by atoms with Gasteiger partial charge in [0, 0.05) is 11.6 Å². The predicted molar refractivity (Wildman–Crippen MR) is 75.2 cm³/mol. The lowest BCUT2D eigenvalue weighted by Crippen LogP contribution is -2.13. The van der Waals surface area contributed by atoms with E-state index in [9.17, 15) is 13.6 Å². The van der Waals surface area contributed by atoms with Gasteiger partial charge in [-0.15, -0.1) is 0 Å². The molecule has 1 aliphatic carbocycles. The van der Waals surface area contributed by atoms with E-state index in [1.165, 1.54) is 6.07 Å². The van der Waals surface area contributed by atoms with Gasteiger partial charge >= 0.3 is 0 Å². The summed E-state index contributed by atoms with van der Waals surface area (Å²) in [5.41, 5.74) is 0.930. The van der Waals surface area contributed by atoms with E-state index in [1.54, 1.807) is 12.3 Å². The van der Waals surface area contributed by atoms with Crippen molar-refractivity contribution < 1.29 is 13.6 Å². The summed E-state index contributed by atoms with van der Waals surface area (Å²) in [5.74, 6) is -2.23. The van der Waals surface area contributed by atoms with Crippen LogP contribution in [-0.2, 0) is 0 Å². The number of pyridine rings is 1. The highest BCUT2D eigenvalue weighted by Gasteiger charge is 2.20. The van der Waals surface area contributed by atoms with E-state index in [1.807, 2.05) is 6.07 Å². The molecule has 1 saturated carbocycles. The van der Waals surface area contributed by atoms with Crippen molar-refractivity contribution in [1.82, 2.24) is 4.98 Å². The molecule has 0 radical (unpaired) electrons. The summed E-state index contributed by atoms with van der Waals surface area (Å²) in [6.07, 6.45) is 3.95. The first-order valence-corrected chi connectivity index (χ1v) is 6.61. The molecule has 0 bridgehead atoms. The van der Waals surface area contributed by atoms with Crippen LogP contribution >= 0.6 is 0 Å². The van der Waals surface area contributed by atoms with E-state index in [0.717, 1.165) is 30.7 Å². The Hall–Kier alpha value is -2.50. The maximum absolute atomic E-state index is 13.1. The lowest BCUT2D eigenvalue weighted by Gasteiger charge is -2.07. The average molecular weight is 289 g/mol. The van der Waals surface area contributed by atoms with E-state index in [2.05, 4.69) is 15.6 Å². The summed E-state index contributed by atoms with van der Waals surface area (Å²) in [7, 11) is 0. The van der Waals surface area contributed by atoms with E-state index in [4.69, 9.17) is 0 Å². The van der Waals surface area contributed by atoms with Crippen molar-refractivity contribution in [2.24, 2.45) is 0 Å². The molecule has 0 aliphatic heterocycles. The lowest BCUT2D eigenvalue weighted by molar-refractivity contribution is 0.102. The van der Waals surface area contributed by atoms with Gasteiger partial charge in [0.05, 0.1) is 11.9 Å². The van der Waals surface area contributed by atoms with Crippen LogP contribution in [-0.4, -0.2) is 16.9 Å². The van der Waals surface area contributed by atoms with E-state index >= 15 is 0 Å². The summed E-state index contributed by atoms with van der Waals surface area (Å²) in [4.78, 5) is 16.0. The second-order valence-electron chi connectivity index (χ2n) is 4.93. The first-order valence-electron chi connectivity index (χ1n) is 6.61. The van der Waals surface area contributed by atoms with Crippen molar-refractivity contribution in [3.8, 4) is 0 Å². The van der Waals surface area contributed by atoms with Gasteiger partial charge in [-0.1, -0.05) is 0 Å². The molecule has 2 N–H and O–H groups in total. The van der Waals surface area contributed by atoms with Gasteiger partial charge in [0.1, 0.15) is 5.82 Å². The molecule has 1 amide bonds. The van der Waals surface area contributed by atoms with Crippen molar-refractivity contribution in [3.63, 3.8) is 0 Å². The number of hydrogen-bond acceptors (Lipinski definition) is 3. The molecule has 0 spiro atoms. The van der Waals surface area contributed by atoms with Crippen LogP contribution in [0.3, 0.4) is 0 Å². The summed E-state index contributed by atoms with van der Waals surface area (Å²) in [6, 6.07) is 6.98. The van der Waals surface area contributed by atoms with Crippen molar-refractivity contribution >= 4 is 17.4 Å². The molecule has 21 heavy (non-hydrogen) atoms. The quantitative estimate of drug-likeness (QED) is 0.909. The maximum Gasteiger partial charge on any atom is 0.256 e. The number of rotatable bonds is 4. The first-order chi connectivity index (χ1) is 10.1. The second kappa shape index (κ2) is 5.47. The molecule has 108 valence electrons. The Morgan fingerprint density at radius 1 is 1.14 bits per heavy atom. The van der Waals surface area contributed by atoms with Gasteiger partial charge in [-0.25, -0.2) is 13.8 Å². The third kappa shape index (κ3) is 3.34. The normalized spacial score (nSPS) is 13.8. The summed E-state index contributed by atoms with van der Waals surface area (Å²) < 4.78 is 25.9. The molecule has 4 nitrogen and oxygen atoms in total. The Labute approximate surface area is 120 Å². The highest BCUT2D eigenvalue weighted by Crippen LogP contribution is 2.24. The molecule has 2 aromatic rings. The van der Waals surface area contributed by atoms with Crippen molar-refractivity contribution in [1.29, 1.82) is 0 Å². The molecule has 0 atom stereocenters. The molecule has 1 fully saturated rings. The fourth-order valence-corrected chi connectivity index (χ4v) is 1.84. The lowest BCUT2D eigenvalue weighted by atomic mass is 10.2. The molecule has 6 heteroatoms. The first kappa shape index (κ1) is 13.5. The molecular formula is C15H13F2N3O. The molecule has 0 unspecified atom stereocenters. The zero-order valence-corrected chi connectivity index (χ0v) is 11.1. The van der Waals surface area contributed by atoms with Crippen molar-refractivity contribution in [2.45, 2.75) is 18.9 Å². The Morgan fingerprint density at radius 2 is 1.95 bits per heavy atom. The highest BCUT2D eigenvalue weighted by atomic mass is 19.2. The number of carbonyl (C=O) groups is 1. The molecule has 0 saturated heterocycles. The third-order valence-electron chi connectivity index (χ3n) is 3.14. The fraction of sp³-hybridized carbons (Fsp3) is 0.200. The van der Waals surface area contributed by atoms with Crippen LogP contribution in [0.2, 0.25) is 0 Å². The van der Waals surface area contributed by atoms with Gasteiger partial charge in [-0.3, -0.25) is 4.79 Å². The van der Waals surface area contributed by atoms with Crippen LogP contribution in [0.25, 0.3) is 0 Å². The van der Waals surface area contributed by atoms with Gasteiger partial charge in [-0.2, -0.15) is 0 Å². The Kier molecular flexibility index (Phi) is 3.51. The predicted octanol–water partition coefficient (Wildman–Crippen LogP) is 3.19. The van der Waals surface area contributed by atoms with Crippen LogP contribution in [0.4, 0.5) is 20.3 Å². The number of anilines is 2. The topological polar surface area (TPSA) is 54.0 Å². The Morgan fingerprint density at radius 3 is 2.57 bits per heavy atom. The van der Waals surface area contributed by atoms with Gasteiger partial charge in [0.2, 0.25) is 0 Å². The van der Waals surface area contributed by atoms with Crippen LogP contribution in [0, 0.1) is 11.6 Å². The number of benzene rings is 1. The number of halogens is 2. The average Bonchev–Trinajstić information content (AvgIpc) is 3.28. The van der Waals surface area contributed by atoms with Gasteiger partial charge in [0.25, 0.3) is 5.91 Å². The molecule has 1 heterocycles. The summed E-state index contributed by atoms with van der Waals surface area (Å²) in [5, 5.41) is 5.81. The van der Waals surface area contributed by atoms with Gasteiger partial charge in [0.15, 0.2) is 11.6 Å². The zero-order valence-electron chi connectivity index (χ0n) is 11.1. The van der Waals surface area contributed by atoms with Crippen LogP contribution in [0.15, 0.2) is 36.5 Å². The SMILES string of the molecule is O=C(Nc1ccc(NC2CC2)cn1)c1ccc(F)c(F)c1. The summed E-state index contributed by atoms with van der Waals surface area (Å²) >= 11 is 0. The second-order valence-corrected chi connectivity index (χ2v) is 4.93. The van der Waals surface area contributed by atoms with Gasteiger partial charge in [-0.05, 0) is 43.2 Å². The largest absolute Gasteiger partial charge is 0.381 e. The molecule has 3 rings (SSSR count). The minimum atomic E-state index is -1.06. The number of aromatic nitrogens is 1. The van der Waals surface area contributed by atoms with E-state index in [0.29, 0.717) is 11.9 Å². The number of carbonyl (C=O) groups excluding carboxylic acids is 1. The van der Waals surface area contributed by atoms with Crippen LogP contribution in [0.1, 0.15) is 23.2 Å². The smallest absolute Gasteiger partial charge is 0.256 e. The molecule has 1 aliphatic rings. The van der Waals surface area contributed by atoms with Crippen molar-refractivity contribution in [2.75, 3.05) is 10.6 Å². The monoisotopic (exact) mass is 289 g/mol. The number of nitrogens with zero attached hydrogens (tertiary/aromatic N) is 1. The Balaban J connectivity index is 1.67. The zero-order chi connectivity index (χ0) is 14.8. The van der Waals surface area contributed by atoms with E-state index in [-0.39, 0.29) is 5.56 Å². The Bertz CT molecular complexity index is 669. The highest BCUT2D eigenvalue weighted by molar-refractivity contribution is 6.03. The standard InChI is InChI=1S/C15H13F2N3O/c16-12-5-1-9(7-13(12)17)15(21)20-14-6-4-11(8-18-14)19-10-2-3-10/h1,4-8,10,19H,2-3H2,(H,18,20,21). The number of amides is 1. The van der Waals surface area contributed by atoms with Crippen LogP contribution < -0.4 is 10.6 Å². The van der Waals surface area contributed by atoms with Gasteiger partial charge < -0.3 is 10.6 Å². The van der Waals surface area contributed by atoms with Crippen molar-refractivity contribution in [3.05, 3.63) is 53.7 Å². The molecule has 1 aromatic carbocycles. The van der Waals surface area contributed by atoms with E-state index < -0.39 is 17.5 Å². The molecule has 1 aromatic heterocycles. The maximum atomic E-state index is 13.1. The molecular weight excluding hydrogens is 276 g/mol. The third-order valence-corrected chi connectivity index (χ3v) is 3.14. The summed E-state index contributed by atoms with van der Waals surface area (Å²) in [6.45, 7) is 0.